The van der Waals surface area contributed by atoms with Crippen LogP contribution in [-0.4, -0.2) is 16.5 Å². The molecule has 0 heterocycles. The zero-order chi connectivity index (χ0) is 14.6. The number of hydrogen-bond acceptors (Lipinski definition) is 4. The van der Waals surface area contributed by atoms with Gasteiger partial charge in [-0.15, -0.1) is 0 Å². The molecular weight excluding hydrogens is 246 g/mol. The lowest BCUT2D eigenvalue weighted by molar-refractivity contribution is -0.384. The summed E-state index contributed by atoms with van der Waals surface area (Å²) in [5.74, 6) is -0.427. The first-order valence-electron chi connectivity index (χ1n) is 5.85. The molecular formula is C14H17NO4. The topological polar surface area (TPSA) is 69.4 Å². The van der Waals surface area contributed by atoms with Gasteiger partial charge in [0.25, 0.3) is 5.69 Å². The van der Waals surface area contributed by atoms with Crippen molar-refractivity contribution in [3.05, 3.63) is 46.0 Å². The summed E-state index contributed by atoms with van der Waals surface area (Å²) in [6.45, 7) is 7.13. The van der Waals surface area contributed by atoms with Crippen molar-refractivity contribution in [1.29, 1.82) is 0 Å². The van der Waals surface area contributed by atoms with Gasteiger partial charge in [0.05, 0.1) is 4.92 Å². The second-order valence-electron chi connectivity index (χ2n) is 5.16. The number of benzene rings is 1. The number of allylic oxidation sites excluding steroid dienone is 1. The average Bonchev–Trinajstić information content (AvgIpc) is 2.26. The number of rotatable bonds is 3. The highest BCUT2D eigenvalue weighted by Crippen LogP contribution is 2.19. The summed E-state index contributed by atoms with van der Waals surface area (Å²) in [6.07, 6.45) is 1.38. The minimum absolute atomic E-state index is 0.0221. The number of nitrogens with zero attached hydrogens (tertiary/aromatic N) is 1. The van der Waals surface area contributed by atoms with Crippen LogP contribution < -0.4 is 0 Å². The number of ether oxygens (including phenoxy) is 1. The second kappa shape index (κ2) is 5.65. The average molecular weight is 263 g/mol. The summed E-state index contributed by atoms with van der Waals surface area (Å²) in [4.78, 5) is 21.7. The number of nitro benzene ring substituents is 1. The maximum absolute atomic E-state index is 11.6. The Hall–Kier alpha value is -2.17. The van der Waals surface area contributed by atoms with E-state index in [1.165, 1.54) is 18.2 Å². The van der Waals surface area contributed by atoms with Crippen molar-refractivity contribution in [2.24, 2.45) is 0 Å². The Labute approximate surface area is 112 Å². The normalized spacial score (nSPS) is 12.1. The lowest BCUT2D eigenvalue weighted by Gasteiger charge is -2.18. The summed E-state index contributed by atoms with van der Waals surface area (Å²) in [6, 6.07) is 6.02. The minimum atomic E-state index is -0.538. The standard InChI is InChI=1S/C14H17NO4/c1-10(9-13(16)19-14(2,3)4)11-5-7-12(8-6-11)15(17)18/h5-9H,1-4H3/b10-9-. The van der Waals surface area contributed by atoms with Gasteiger partial charge in [0.1, 0.15) is 5.60 Å². The van der Waals surface area contributed by atoms with Crippen LogP contribution in [0.1, 0.15) is 33.3 Å². The fourth-order valence-electron chi connectivity index (χ4n) is 1.44. The smallest absolute Gasteiger partial charge is 0.331 e. The monoisotopic (exact) mass is 263 g/mol. The molecule has 0 amide bonds. The minimum Gasteiger partial charge on any atom is -0.457 e. The van der Waals surface area contributed by atoms with E-state index in [2.05, 4.69) is 0 Å². The highest BCUT2D eigenvalue weighted by Gasteiger charge is 2.15. The largest absolute Gasteiger partial charge is 0.457 e. The quantitative estimate of drug-likeness (QED) is 0.363. The molecule has 0 saturated carbocycles. The SMILES string of the molecule is C/C(=C/C(=O)OC(C)(C)C)c1ccc([N+](=O)[O-])cc1. The van der Waals surface area contributed by atoms with Crippen molar-refractivity contribution in [3.8, 4) is 0 Å². The molecule has 0 unspecified atom stereocenters. The van der Waals surface area contributed by atoms with Crippen molar-refractivity contribution < 1.29 is 14.5 Å². The van der Waals surface area contributed by atoms with Crippen LogP contribution in [0.15, 0.2) is 30.3 Å². The fraction of sp³-hybridized carbons (Fsp3) is 0.357. The number of carbonyl (C=O) groups is 1. The number of carbonyl (C=O) groups excluding carboxylic acids is 1. The first-order valence-corrected chi connectivity index (χ1v) is 5.85. The number of nitro groups is 1. The van der Waals surface area contributed by atoms with Gasteiger partial charge >= 0.3 is 5.97 Å². The molecule has 1 rings (SSSR count). The molecule has 0 atom stereocenters. The Morgan fingerprint density at radius 3 is 2.21 bits per heavy atom. The van der Waals surface area contributed by atoms with Crippen LogP contribution in [0, 0.1) is 10.1 Å². The molecule has 0 N–H and O–H groups in total. The molecule has 0 radical (unpaired) electrons. The summed E-state index contributed by atoms with van der Waals surface area (Å²) in [7, 11) is 0. The number of non-ortho nitro benzene ring substituents is 1. The lowest BCUT2D eigenvalue weighted by Crippen LogP contribution is -2.22. The van der Waals surface area contributed by atoms with E-state index in [0.29, 0.717) is 5.57 Å². The van der Waals surface area contributed by atoms with Gasteiger partial charge in [0.15, 0.2) is 0 Å². The van der Waals surface area contributed by atoms with Gasteiger partial charge in [-0.1, -0.05) is 0 Å². The van der Waals surface area contributed by atoms with Crippen molar-refractivity contribution in [1.82, 2.24) is 0 Å². The van der Waals surface area contributed by atoms with E-state index < -0.39 is 16.5 Å². The third-order valence-electron chi connectivity index (χ3n) is 2.27. The Morgan fingerprint density at radius 1 is 1.26 bits per heavy atom. The van der Waals surface area contributed by atoms with Crippen LogP contribution in [-0.2, 0) is 9.53 Å². The first-order chi connectivity index (χ1) is 8.69. The first kappa shape index (κ1) is 14.9. The van der Waals surface area contributed by atoms with E-state index in [1.54, 1.807) is 39.8 Å². The summed E-state index contributed by atoms with van der Waals surface area (Å²) in [5, 5.41) is 10.5. The van der Waals surface area contributed by atoms with Gasteiger partial charge in [-0.3, -0.25) is 10.1 Å². The molecule has 0 spiro atoms. The van der Waals surface area contributed by atoms with Crippen molar-refractivity contribution >= 4 is 17.2 Å². The van der Waals surface area contributed by atoms with Crippen molar-refractivity contribution in [3.63, 3.8) is 0 Å². The van der Waals surface area contributed by atoms with E-state index in [-0.39, 0.29) is 5.69 Å². The maximum atomic E-state index is 11.6. The van der Waals surface area contributed by atoms with Crippen LogP contribution in [0.25, 0.3) is 5.57 Å². The highest BCUT2D eigenvalue weighted by atomic mass is 16.6. The lowest BCUT2D eigenvalue weighted by atomic mass is 10.1. The van der Waals surface area contributed by atoms with E-state index in [1.807, 2.05) is 0 Å². The molecule has 0 aliphatic heterocycles. The zero-order valence-corrected chi connectivity index (χ0v) is 11.5. The van der Waals surface area contributed by atoms with Gasteiger partial charge in [0, 0.05) is 18.2 Å². The summed E-state index contributed by atoms with van der Waals surface area (Å²) in [5.41, 5.74) is 0.929. The van der Waals surface area contributed by atoms with Gasteiger partial charge in [0.2, 0.25) is 0 Å². The Balaban J connectivity index is 2.85. The van der Waals surface area contributed by atoms with E-state index in [4.69, 9.17) is 4.74 Å². The van der Waals surface area contributed by atoms with Crippen molar-refractivity contribution in [2.75, 3.05) is 0 Å². The third-order valence-corrected chi connectivity index (χ3v) is 2.27. The Bertz CT molecular complexity index is 509. The summed E-state index contributed by atoms with van der Waals surface area (Å²) < 4.78 is 5.17. The molecule has 0 saturated heterocycles. The third kappa shape index (κ3) is 4.91. The van der Waals surface area contributed by atoms with Crippen LogP contribution in [0.5, 0.6) is 0 Å². The predicted octanol–water partition coefficient (Wildman–Crippen LogP) is 3.34. The molecule has 5 nitrogen and oxygen atoms in total. The molecule has 0 fully saturated rings. The van der Waals surface area contributed by atoms with Crippen LogP contribution >= 0.6 is 0 Å². The molecule has 1 aromatic carbocycles. The van der Waals surface area contributed by atoms with Gasteiger partial charge in [-0.25, -0.2) is 4.79 Å². The molecule has 1 aromatic rings. The van der Waals surface area contributed by atoms with Crippen LogP contribution in [0.4, 0.5) is 5.69 Å². The Morgan fingerprint density at radius 2 is 1.79 bits per heavy atom. The number of hydrogen-bond donors (Lipinski definition) is 0. The molecule has 0 aliphatic rings. The molecule has 102 valence electrons. The number of esters is 1. The molecule has 5 heteroatoms. The van der Waals surface area contributed by atoms with Crippen molar-refractivity contribution in [2.45, 2.75) is 33.3 Å². The predicted molar refractivity (Wildman–Crippen MR) is 72.6 cm³/mol. The summed E-state index contributed by atoms with van der Waals surface area (Å²) >= 11 is 0. The molecule has 0 bridgehead atoms. The zero-order valence-electron chi connectivity index (χ0n) is 11.5. The van der Waals surface area contributed by atoms with Gasteiger partial charge in [-0.05, 0) is 51.0 Å². The van der Waals surface area contributed by atoms with Crippen LogP contribution in [0.2, 0.25) is 0 Å². The van der Waals surface area contributed by atoms with Gasteiger partial charge in [-0.2, -0.15) is 0 Å². The van der Waals surface area contributed by atoms with Crippen LogP contribution in [0.3, 0.4) is 0 Å². The van der Waals surface area contributed by atoms with Gasteiger partial charge < -0.3 is 4.74 Å². The molecule has 19 heavy (non-hydrogen) atoms. The van der Waals surface area contributed by atoms with E-state index >= 15 is 0 Å². The fourth-order valence-corrected chi connectivity index (χ4v) is 1.44. The van der Waals surface area contributed by atoms with E-state index in [0.717, 1.165) is 5.56 Å². The molecule has 0 aromatic heterocycles. The Kier molecular flexibility index (Phi) is 4.43. The maximum Gasteiger partial charge on any atom is 0.331 e. The highest BCUT2D eigenvalue weighted by molar-refractivity contribution is 5.91. The van der Waals surface area contributed by atoms with E-state index in [9.17, 15) is 14.9 Å². The molecule has 0 aliphatic carbocycles. The second-order valence-corrected chi connectivity index (χ2v) is 5.16.